The molecule has 0 aliphatic rings. The van der Waals surface area contributed by atoms with Gasteiger partial charge in [-0.1, -0.05) is 38.1 Å². The van der Waals surface area contributed by atoms with Crippen LogP contribution < -0.4 is 0 Å². The molecule has 0 unspecified atom stereocenters. The lowest BCUT2D eigenvalue weighted by Crippen LogP contribution is -2.32. The molecule has 110 valence electrons. The van der Waals surface area contributed by atoms with Crippen molar-refractivity contribution in [1.82, 2.24) is 0 Å². The van der Waals surface area contributed by atoms with Gasteiger partial charge >= 0.3 is 11.9 Å². The molecule has 1 rings (SSSR count). The average Bonchev–Trinajstić information content (AvgIpc) is 2.43. The third-order valence-corrected chi connectivity index (χ3v) is 4.06. The molecule has 0 aliphatic heterocycles. The van der Waals surface area contributed by atoms with E-state index in [1.165, 1.54) is 0 Å². The van der Waals surface area contributed by atoms with Gasteiger partial charge < -0.3 is 10.2 Å². The molecule has 0 heterocycles. The van der Waals surface area contributed by atoms with E-state index >= 15 is 0 Å². The quantitative estimate of drug-likeness (QED) is 0.766. The summed E-state index contributed by atoms with van der Waals surface area (Å²) in [5.41, 5.74) is 1.11. The lowest BCUT2D eigenvalue weighted by atomic mass is 9.76. The monoisotopic (exact) mass is 278 g/mol. The van der Waals surface area contributed by atoms with E-state index in [0.29, 0.717) is 25.7 Å². The molecular formula is C16H22O4. The summed E-state index contributed by atoms with van der Waals surface area (Å²) in [6.45, 7) is 3.77. The van der Waals surface area contributed by atoms with Crippen molar-refractivity contribution in [2.45, 2.75) is 46.0 Å². The summed E-state index contributed by atoms with van der Waals surface area (Å²) >= 11 is 0. The van der Waals surface area contributed by atoms with Gasteiger partial charge in [0.2, 0.25) is 0 Å². The van der Waals surface area contributed by atoms with Crippen molar-refractivity contribution in [1.29, 1.82) is 0 Å². The normalized spacial score (nSPS) is 11.3. The zero-order valence-corrected chi connectivity index (χ0v) is 12.1. The van der Waals surface area contributed by atoms with Gasteiger partial charge in [0.15, 0.2) is 0 Å². The maximum absolute atomic E-state index is 11.6. The Hall–Kier alpha value is -1.84. The Labute approximate surface area is 119 Å². The molecule has 0 aliphatic carbocycles. The molecule has 2 N–H and O–H groups in total. The second-order valence-corrected chi connectivity index (χ2v) is 5.13. The average molecular weight is 278 g/mol. The van der Waals surface area contributed by atoms with Gasteiger partial charge in [-0.25, -0.2) is 0 Å². The van der Waals surface area contributed by atoms with Crippen LogP contribution in [0, 0.1) is 5.41 Å². The number of carbonyl (C=O) groups is 2. The molecule has 0 bridgehead atoms. The largest absolute Gasteiger partial charge is 0.481 e. The number of rotatable bonds is 8. The van der Waals surface area contributed by atoms with E-state index < -0.39 is 17.4 Å². The number of aryl methyl sites for hydroxylation is 1. The second kappa shape index (κ2) is 7.08. The van der Waals surface area contributed by atoms with Crippen LogP contribution in [0.4, 0.5) is 0 Å². The molecule has 4 heteroatoms. The highest BCUT2D eigenvalue weighted by Crippen LogP contribution is 2.32. The van der Waals surface area contributed by atoms with Gasteiger partial charge in [-0.15, -0.1) is 0 Å². The van der Waals surface area contributed by atoms with E-state index in [4.69, 9.17) is 5.11 Å². The summed E-state index contributed by atoms with van der Waals surface area (Å²) in [5.74, 6) is -1.62. The number of hydrogen-bond donors (Lipinski definition) is 2. The van der Waals surface area contributed by atoms with E-state index in [2.05, 4.69) is 0 Å². The third-order valence-electron chi connectivity index (χ3n) is 4.06. The van der Waals surface area contributed by atoms with Crippen LogP contribution in [0.15, 0.2) is 24.3 Å². The van der Waals surface area contributed by atoms with E-state index in [0.717, 1.165) is 11.1 Å². The molecule has 20 heavy (non-hydrogen) atoms. The van der Waals surface area contributed by atoms with Gasteiger partial charge in [0, 0.05) is 6.42 Å². The zero-order valence-electron chi connectivity index (χ0n) is 12.1. The minimum absolute atomic E-state index is 0.0648. The fourth-order valence-electron chi connectivity index (χ4n) is 2.46. The smallest absolute Gasteiger partial charge is 0.309 e. The Morgan fingerprint density at radius 2 is 1.60 bits per heavy atom. The van der Waals surface area contributed by atoms with Crippen LogP contribution in [0.1, 0.15) is 44.2 Å². The highest BCUT2D eigenvalue weighted by atomic mass is 16.4. The molecular weight excluding hydrogens is 256 g/mol. The maximum atomic E-state index is 11.6. The van der Waals surface area contributed by atoms with Gasteiger partial charge in [0.25, 0.3) is 0 Å². The molecule has 0 aromatic heterocycles. The number of carboxylic acid groups (broad SMARTS) is 2. The van der Waals surface area contributed by atoms with Crippen molar-refractivity contribution in [2.75, 3.05) is 0 Å². The fourth-order valence-corrected chi connectivity index (χ4v) is 2.46. The van der Waals surface area contributed by atoms with Crippen molar-refractivity contribution in [3.8, 4) is 0 Å². The van der Waals surface area contributed by atoms with Gasteiger partial charge in [-0.2, -0.15) is 0 Å². The first kappa shape index (κ1) is 16.2. The molecule has 1 aromatic rings. The van der Waals surface area contributed by atoms with Crippen molar-refractivity contribution in [2.24, 2.45) is 5.41 Å². The maximum Gasteiger partial charge on any atom is 0.309 e. The highest BCUT2D eigenvalue weighted by Gasteiger charge is 2.35. The summed E-state index contributed by atoms with van der Waals surface area (Å²) in [4.78, 5) is 22.3. The standard InChI is InChI=1S/C16H22O4/c1-3-16(4-2,15(19)20)11-13-8-6-5-7-12(13)9-10-14(17)18/h5-8H,3-4,9-11H2,1-2H3,(H,17,18)(H,19,20). The summed E-state index contributed by atoms with van der Waals surface area (Å²) < 4.78 is 0. The molecule has 0 spiro atoms. The lowest BCUT2D eigenvalue weighted by molar-refractivity contribution is -0.149. The number of aliphatic carboxylic acids is 2. The molecule has 0 atom stereocenters. The first-order valence-corrected chi connectivity index (χ1v) is 6.97. The van der Waals surface area contributed by atoms with Crippen LogP contribution in [-0.4, -0.2) is 22.2 Å². The summed E-state index contributed by atoms with van der Waals surface area (Å²) in [7, 11) is 0. The third kappa shape index (κ3) is 3.83. The highest BCUT2D eigenvalue weighted by molar-refractivity contribution is 5.75. The first-order valence-electron chi connectivity index (χ1n) is 6.97. The first-order chi connectivity index (χ1) is 9.45. The van der Waals surface area contributed by atoms with Crippen molar-refractivity contribution < 1.29 is 19.8 Å². The number of benzene rings is 1. The molecule has 4 nitrogen and oxygen atoms in total. The molecule has 0 saturated heterocycles. The van der Waals surface area contributed by atoms with Crippen molar-refractivity contribution in [3.05, 3.63) is 35.4 Å². The Morgan fingerprint density at radius 3 is 2.05 bits per heavy atom. The number of hydrogen-bond acceptors (Lipinski definition) is 2. The molecule has 0 radical (unpaired) electrons. The SMILES string of the molecule is CCC(CC)(Cc1ccccc1CCC(=O)O)C(=O)O. The molecule has 0 amide bonds. The zero-order chi connectivity index (χ0) is 15.2. The van der Waals surface area contributed by atoms with Crippen molar-refractivity contribution >= 4 is 11.9 Å². The van der Waals surface area contributed by atoms with Crippen LogP contribution in [0.5, 0.6) is 0 Å². The molecule has 1 aromatic carbocycles. The van der Waals surface area contributed by atoms with Crippen LogP contribution in [0.25, 0.3) is 0 Å². The Balaban J connectivity index is 3.01. The van der Waals surface area contributed by atoms with Crippen LogP contribution >= 0.6 is 0 Å². The summed E-state index contributed by atoms with van der Waals surface area (Å²) in [6, 6.07) is 7.52. The van der Waals surface area contributed by atoms with E-state index in [9.17, 15) is 14.7 Å². The minimum Gasteiger partial charge on any atom is -0.481 e. The number of carboxylic acids is 2. The van der Waals surface area contributed by atoms with Gasteiger partial charge in [0.05, 0.1) is 5.41 Å². The topological polar surface area (TPSA) is 74.6 Å². The van der Waals surface area contributed by atoms with Gasteiger partial charge in [-0.3, -0.25) is 9.59 Å². The Bertz CT molecular complexity index is 475. The Kier molecular flexibility index (Phi) is 5.74. The van der Waals surface area contributed by atoms with Crippen LogP contribution in [0.3, 0.4) is 0 Å². The van der Waals surface area contributed by atoms with E-state index in [1.54, 1.807) is 0 Å². The summed E-state index contributed by atoms with van der Waals surface area (Å²) in [6.07, 6.45) is 2.08. The Morgan fingerprint density at radius 1 is 1.05 bits per heavy atom. The van der Waals surface area contributed by atoms with E-state index in [-0.39, 0.29) is 6.42 Å². The molecule has 0 fully saturated rings. The summed E-state index contributed by atoms with van der Waals surface area (Å²) in [5, 5.41) is 18.3. The van der Waals surface area contributed by atoms with Crippen LogP contribution in [0.2, 0.25) is 0 Å². The minimum atomic E-state index is -0.838. The lowest BCUT2D eigenvalue weighted by Gasteiger charge is -2.27. The predicted octanol–water partition coefficient (Wildman–Crippen LogP) is 3.14. The fraction of sp³-hybridized carbons (Fsp3) is 0.500. The van der Waals surface area contributed by atoms with Crippen molar-refractivity contribution in [3.63, 3.8) is 0 Å². The predicted molar refractivity (Wildman–Crippen MR) is 76.8 cm³/mol. The van der Waals surface area contributed by atoms with Gasteiger partial charge in [-0.05, 0) is 36.8 Å². The second-order valence-electron chi connectivity index (χ2n) is 5.13. The van der Waals surface area contributed by atoms with Crippen LogP contribution in [-0.2, 0) is 22.4 Å². The molecule has 0 saturated carbocycles. The van der Waals surface area contributed by atoms with Gasteiger partial charge in [0.1, 0.15) is 0 Å². The van der Waals surface area contributed by atoms with E-state index in [1.807, 2.05) is 38.1 Å².